The number of rotatable bonds is 5. The fourth-order valence-electron chi connectivity index (χ4n) is 1.58. The van der Waals surface area contributed by atoms with Crippen molar-refractivity contribution in [3.05, 3.63) is 29.6 Å². The number of benzene rings is 1. The first-order chi connectivity index (χ1) is 8.10. The van der Waals surface area contributed by atoms with E-state index < -0.39 is 5.82 Å². The van der Waals surface area contributed by atoms with E-state index in [2.05, 4.69) is 19.6 Å². The first kappa shape index (κ1) is 14.0. The number of hydrogen-bond donors (Lipinski definition) is 1. The lowest BCUT2D eigenvalue weighted by atomic mass is 10.2. The van der Waals surface area contributed by atoms with Crippen molar-refractivity contribution in [1.82, 2.24) is 4.90 Å². The van der Waals surface area contributed by atoms with Crippen LogP contribution in [0.5, 0.6) is 0 Å². The third-order valence-electron chi connectivity index (χ3n) is 2.64. The molecule has 0 aliphatic rings. The molecule has 1 amide bonds. The van der Waals surface area contributed by atoms with Gasteiger partial charge in [0.1, 0.15) is 5.82 Å². The predicted molar refractivity (Wildman–Crippen MR) is 70.1 cm³/mol. The molecule has 0 aliphatic carbocycles. The van der Waals surface area contributed by atoms with Gasteiger partial charge in [0, 0.05) is 23.5 Å². The van der Waals surface area contributed by atoms with Gasteiger partial charge in [0.2, 0.25) is 0 Å². The minimum absolute atomic E-state index is 0.0590. The highest BCUT2D eigenvalue weighted by atomic mass is 32.1. The molecule has 0 saturated carbocycles. The molecule has 0 bridgehead atoms. The average molecular weight is 255 g/mol. The molecule has 0 heterocycles. The van der Waals surface area contributed by atoms with Crippen molar-refractivity contribution < 1.29 is 9.18 Å². The van der Waals surface area contributed by atoms with Gasteiger partial charge in [0.25, 0.3) is 5.91 Å². The van der Waals surface area contributed by atoms with Crippen molar-refractivity contribution in [2.24, 2.45) is 0 Å². The lowest BCUT2D eigenvalue weighted by Gasteiger charge is -2.20. The molecule has 0 fully saturated rings. The van der Waals surface area contributed by atoms with E-state index >= 15 is 0 Å². The first-order valence-electron chi connectivity index (χ1n) is 5.88. The van der Waals surface area contributed by atoms with Gasteiger partial charge in [-0.25, -0.2) is 4.39 Å². The molecule has 2 nitrogen and oxygen atoms in total. The second kappa shape index (κ2) is 6.64. The molecule has 0 unspecified atom stereocenters. The monoisotopic (exact) mass is 255 g/mol. The van der Waals surface area contributed by atoms with Crippen molar-refractivity contribution in [3.8, 4) is 0 Å². The lowest BCUT2D eigenvalue weighted by Crippen LogP contribution is -2.31. The fourth-order valence-corrected chi connectivity index (χ4v) is 1.79. The van der Waals surface area contributed by atoms with Crippen LogP contribution in [0.1, 0.15) is 37.0 Å². The van der Waals surface area contributed by atoms with E-state index in [-0.39, 0.29) is 10.8 Å². The van der Waals surface area contributed by atoms with Crippen molar-refractivity contribution in [1.29, 1.82) is 0 Å². The van der Waals surface area contributed by atoms with Gasteiger partial charge in [-0.05, 0) is 31.5 Å². The van der Waals surface area contributed by atoms with Gasteiger partial charge in [0.05, 0.1) is 0 Å². The summed E-state index contributed by atoms with van der Waals surface area (Å²) < 4.78 is 13.0. The van der Waals surface area contributed by atoms with Crippen LogP contribution in [-0.4, -0.2) is 23.9 Å². The SMILES string of the molecule is CCCCN(CC)C(=O)c1ccc(F)c(S)c1. The Labute approximate surface area is 107 Å². The molecule has 1 aromatic rings. The van der Waals surface area contributed by atoms with Crippen molar-refractivity contribution in [2.75, 3.05) is 13.1 Å². The highest BCUT2D eigenvalue weighted by Crippen LogP contribution is 2.16. The van der Waals surface area contributed by atoms with Gasteiger partial charge in [-0.15, -0.1) is 12.6 Å². The maximum atomic E-state index is 13.0. The van der Waals surface area contributed by atoms with Crippen molar-refractivity contribution in [2.45, 2.75) is 31.6 Å². The van der Waals surface area contributed by atoms with E-state index in [0.29, 0.717) is 12.1 Å². The van der Waals surface area contributed by atoms with Gasteiger partial charge < -0.3 is 4.90 Å². The highest BCUT2D eigenvalue weighted by Gasteiger charge is 2.14. The van der Waals surface area contributed by atoms with Crippen LogP contribution in [0.3, 0.4) is 0 Å². The smallest absolute Gasteiger partial charge is 0.253 e. The number of thiol groups is 1. The average Bonchev–Trinajstić information content (AvgIpc) is 2.33. The van der Waals surface area contributed by atoms with E-state index in [1.54, 1.807) is 4.90 Å². The second-order valence-corrected chi connectivity index (χ2v) is 4.39. The molecule has 1 rings (SSSR count). The van der Waals surface area contributed by atoms with Crippen LogP contribution in [0.15, 0.2) is 23.1 Å². The van der Waals surface area contributed by atoms with Crippen LogP contribution in [-0.2, 0) is 0 Å². The summed E-state index contributed by atoms with van der Waals surface area (Å²) in [5, 5.41) is 0. The Morgan fingerprint density at radius 1 is 1.41 bits per heavy atom. The van der Waals surface area contributed by atoms with E-state index in [4.69, 9.17) is 0 Å². The summed E-state index contributed by atoms with van der Waals surface area (Å²) in [6, 6.07) is 4.27. The van der Waals surface area contributed by atoms with Gasteiger partial charge in [0.15, 0.2) is 0 Å². The number of hydrogen-bond acceptors (Lipinski definition) is 2. The summed E-state index contributed by atoms with van der Waals surface area (Å²) in [5.41, 5.74) is 0.495. The maximum absolute atomic E-state index is 13.0. The van der Waals surface area contributed by atoms with E-state index in [9.17, 15) is 9.18 Å². The lowest BCUT2D eigenvalue weighted by molar-refractivity contribution is 0.0762. The number of carbonyl (C=O) groups excluding carboxylic acids is 1. The minimum atomic E-state index is -0.401. The van der Waals surface area contributed by atoms with Gasteiger partial charge in [-0.2, -0.15) is 0 Å². The Bertz CT molecular complexity index is 395. The normalized spacial score (nSPS) is 10.4. The summed E-state index contributed by atoms with van der Waals surface area (Å²) in [6.45, 7) is 5.43. The highest BCUT2D eigenvalue weighted by molar-refractivity contribution is 7.80. The molecule has 94 valence electrons. The zero-order chi connectivity index (χ0) is 12.8. The van der Waals surface area contributed by atoms with Gasteiger partial charge in [-0.1, -0.05) is 13.3 Å². The molecular formula is C13H18FNOS. The van der Waals surface area contributed by atoms with Crippen LogP contribution in [0.25, 0.3) is 0 Å². The molecule has 0 spiro atoms. The Hall–Kier alpha value is -1.03. The topological polar surface area (TPSA) is 20.3 Å². The van der Waals surface area contributed by atoms with Gasteiger partial charge in [-0.3, -0.25) is 4.79 Å². The Morgan fingerprint density at radius 2 is 2.12 bits per heavy atom. The van der Waals surface area contributed by atoms with E-state index in [0.717, 1.165) is 19.4 Å². The van der Waals surface area contributed by atoms with Crippen molar-refractivity contribution >= 4 is 18.5 Å². The molecule has 0 radical (unpaired) electrons. The number of unbranched alkanes of at least 4 members (excludes halogenated alkanes) is 1. The third-order valence-corrected chi connectivity index (χ3v) is 2.99. The molecule has 0 aromatic heterocycles. The molecule has 1 aromatic carbocycles. The molecular weight excluding hydrogens is 237 g/mol. The minimum Gasteiger partial charge on any atom is -0.339 e. The summed E-state index contributed by atoms with van der Waals surface area (Å²) in [7, 11) is 0. The quantitative estimate of drug-likeness (QED) is 0.800. The number of amides is 1. The summed E-state index contributed by atoms with van der Waals surface area (Å²) in [6.07, 6.45) is 2.03. The molecule has 0 atom stereocenters. The summed E-state index contributed by atoms with van der Waals surface area (Å²) in [5.74, 6) is -0.460. The Balaban J connectivity index is 2.82. The van der Waals surface area contributed by atoms with Crippen LogP contribution in [0, 0.1) is 5.82 Å². The standard InChI is InChI=1S/C13H18FNOS/c1-3-5-8-15(4-2)13(16)10-6-7-11(14)12(17)9-10/h6-7,9,17H,3-5,8H2,1-2H3. The first-order valence-corrected chi connectivity index (χ1v) is 6.32. The molecule has 0 N–H and O–H groups in total. The zero-order valence-corrected chi connectivity index (χ0v) is 11.1. The van der Waals surface area contributed by atoms with E-state index in [1.807, 2.05) is 6.92 Å². The second-order valence-electron chi connectivity index (χ2n) is 3.90. The maximum Gasteiger partial charge on any atom is 0.253 e. The third kappa shape index (κ3) is 3.73. The van der Waals surface area contributed by atoms with Crippen LogP contribution >= 0.6 is 12.6 Å². The zero-order valence-electron chi connectivity index (χ0n) is 10.2. The van der Waals surface area contributed by atoms with Crippen LogP contribution < -0.4 is 0 Å². The van der Waals surface area contributed by atoms with Crippen LogP contribution in [0.4, 0.5) is 4.39 Å². The Morgan fingerprint density at radius 3 is 2.65 bits per heavy atom. The summed E-state index contributed by atoms with van der Waals surface area (Å²) >= 11 is 3.98. The molecule has 0 saturated heterocycles. The predicted octanol–water partition coefficient (Wildman–Crippen LogP) is 3.38. The number of halogens is 1. The van der Waals surface area contributed by atoms with Crippen molar-refractivity contribution in [3.63, 3.8) is 0 Å². The van der Waals surface area contributed by atoms with Crippen LogP contribution in [0.2, 0.25) is 0 Å². The van der Waals surface area contributed by atoms with Gasteiger partial charge >= 0.3 is 0 Å². The molecule has 4 heteroatoms. The Kier molecular flexibility index (Phi) is 5.48. The van der Waals surface area contributed by atoms with E-state index in [1.165, 1.54) is 18.2 Å². The number of carbonyl (C=O) groups is 1. The fraction of sp³-hybridized carbons (Fsp3) is 0.462. The summed E-state index contributed by atoms with van der Waals surface area (Å²) in [4.78, 5) is 14.1. The molecule has 0 aliphatic heterocycles. The molecule has 17 heavy (non-hydrogen) atoms. The number of nitrogens with zero attached hydrogens (tertiary/aromatic N) is 1. The largest absolute Gasteiger partial charge is 0.339 e.